The van der Waals surface area contributed by atoms with Crippen LogP contribution in [0.4, 0.5) is 0 Å². The average Bonchev–Trinajstić information content (AvgIpc) is 3.04. The highest BCUT2D eigenvalue weighted by molar-refractivity contribution is 5.63. The van der Waals surface area contributed by atoms with Crippen molar-refractivity contribution < 1.29 is 0 Å². The van der Waals surface area contributed by atoms with Gasteiger partial charge in [0.05, 0.1) is 0 Å². The minimum absolute atomic E-state index is 1.33. The minimum atomic E-state index is 1.33. The van der Waals surface area contributed by atoms with E-state index in [9.17, 15) is 0 Å². The van der Waals surface area contributed by atoms with E-state index in [4.69, 9.17) is 0 Å². The van der Waals surface area contributed by atoms with Crippen LogP contribution in [0, 0.1) is 20.9 Å². The second-order valence-corrected chi connectivity index (χ2v) is 5.46. The molecule has 0 nitrogen and oxygen atoms in total. The Labute approximate surface area is 116 Å². The summed E-state index contributed by atoms with van der Waals surface area (Å²) in [6.07, 6.45) is 4.60. The number of benzene rings is 3. The highest BCUT2D eigenvalue weighted by Crippen LogP contribution is 2.18. The topological polar surface area (TPSA) is 0 Å². The maximum absolute atomic E-state index is 2.30. The molecule has 0 heterocycles. The second kappa shape index (κ2) is 3.49. The molecule has 3 aromatic rings. The smallest absolute Gasteiger partial charge is 0.00203 e. The van der Waals surface area contributed by atoms with Gasteiger partial charge in [-0.1, -0.05) is 60.7 Å². The lowest BCUT2D eigenvalue weighted by molar-refractivity contribution is 1.39. The van der Waals surface area contributed by atoms with Crippen LogP contribution < -0.4 is 10.4 Å². The molecule has 0 atom stereocenters. The molecule has 0 unspecified atom stereocenters. The highest BCUT2D eigenvalue weighted by Gasteiger charge is 2.09. The van der Waals surface area contributed by atoms with Crippen molar-refractivity contribution in [1.29, 1.82) is 0 Å². The molecule has 0 heteroatoms. The van der Waals surface area contributed by atoms with E-state index in [0.29, 0.717) is 0 Å². The predicted molar refractivity (Wildman–Crippen MR) is 81.1 cm³/mol. The van der Waals surface area contributed by atoms with Gasteiger partial charge in [-0.3, -0.25) is 0 Å². The van der Waals surface area contributed by atoms with Crippen LogP contribution in [0.25, 0.3) is 12.2 Å². The van der Waals surface area contributed by atoms with E-state index in [-0.39, 0.29) is 0 Å². The van der Waals surface area contributed by atoms with E-state index < -0.39 is 0 Å². The van der Waals surface area contributed by atoms with Crippen molar-refractivity contribution in [2.24, 2.45) is 0 Å². The summed E-state index contributed by atoms with van der Waals surface area (Å²) in [5.74, 6) is 0. The van der Waals surface area contributed by atoms with Gasteiger partial charge in [-0.15, -0.1) is 0 Å². The molecule has 2 aliphatic rings. The highest BCUT2D eigenvalue weighted by atomic mass is 14.1. The quantitative estimate of drug-likeness (QED) is 0.397. The Morgan fingerprint density at radius 1 is 0.450 bits per heavy atom. The fourth-order valence-corrected chi connectivity index (χ4v) is 3.49. The first-order valence-electron chi connectivity index (χ1n) is 6.97. The van der Waals surface area contributed by atoms with Crippen molar-refractivity contribution in [3.63, 3.8) is 0 Å². The molecule has 0 spiro atoms. The zero-order valence-electron chi connectivity index (χ0n) is 10.9. The predicted octanol–water partition coefficient (Wildman–Crippen LogP) is 2.54. The van der Waals surface area contributed by atoms with E-state index in [0.717, 1.165) is 0 Å². The second-order valence-electron chi connectivity index (χ2n) is 5.46. The van der Waals surface area contributed by atoms with Gasteiger partial charge in [-0.25, -0.2) is 0 Å². The average molecular weight is 252 g/mol. The lowest BCUT2D eigenvalue weighted by Crippen LogP contribution is -1.98. The first-order chi connectivity index (χ1) is 9.92. The van der Waals surface area contributed by atoms with Gasteiger partial charge >= 0.3 is 0 Å². The maximum atomic E-state index is 2.30. The molecule has 0 radical (unpaired) electrons. The Morgan fingerprint density at radius 3 is 1.40 bits per heavy atom. The van der Waals surface area contributed by atoms with Crippen molar-refractivity contribution >= 4 is 12.2 Å². The largest absolute Gasteiger partial charge is 0.0616 e. The molecule has 5 rings (SSSR count). The van der Waals surface area contributed by atoms with E-state index >= 15 is 0 Å². The summed E-state index contributed by atoms with van der Waals surface area (Å²) >= 11 is 0. The third-order valence-corrected chi connectivity index (χ3v) is 4.35. The van der Waals surface area contributed by atoms with Crippen LogP contribution in [0.15, 0.2) is 60.7 Å². The van der Waals surface area contributed by atoms with Gasteiger partial charge in [0.15, 0.2) is 0 Å². The Hall–Kier alpha value is -2.60. The Bertz CT molecular complexity index is 1090. The summed E-state index contributed by atoms with van der Waals surface area (Å²) in [5.41, 5.74) is 2.69. The van der Waals surface area contributed by atoms with Crippen LogP contribution in [0.5, 0.6) is 0 Å². The number of hydrogen-bond donors (Lipinski definition) is 0. The first-order valence-corrected chi connectivity index (χ1v) is 6.97. The van der Waals surface area contributed by atoms with Gasteiger partial charge < -0.3 is 0 Å². The molecule has 0 saturated heterocycles. The van der Waals surface area contributed by atoms with Crippen LogP contribution in [0.2, 0.25) is 0 Å². The fourth-order valence-electron chi connectivity index (χ4n) is 3.49. The van der Waals surface area contributed by atoms with Crippen molar-refractivity contribution in [3.05, 3.63) is 103 Å². The van der Waals surface area contributed by atoms with Crippen LogP contribution in [-0.2, 0) is 0 Å². The standard InChI is InChI=1S/C20H12/c1-3-7-17-13(5-1)11-15-9-10-16-12-14-6-2-4-8-18(14)20(16)19(15)17/h1-12H. The van der Waals surface area contributed by atoms with Gasteiger partial charge in [-0.2, -0.15) is 0 Å². The van der Waals surface area contributed by atoms with Crippen molar-refractivity contribution in [1.82, 2.24) is 0 Å². The summed E-state index contributed by atoms with van der Waals surface area (Å²) in [6.45, 7) is 0. The third-order valence-electron chi connectivity index (χ3n) is 4.35. The van der Waals surface area contributed by atoms with E-state index in [1.165, 1.54) is 42.4 Å². The lowest BCUT2D eigenvalue weighted by Gasteiger charge is -1.97. The van der Waals surface area contributed by atoms with Gasteiger partial charge in [0.2, 0.25) is 0 Å². The van der Waals surface area contributed by atoms with Gasteiger partial charge in [-0.05, 0) is 54.6 Å². The molecule has 20 heavy (non-hydrogen) atoms. The number of hydrogen-bond acceptors (Lipinski definition) is 0. The molecule has 0 aromatic heterocycles. The van der Waals surface area contributed by atoms with E-state index in [1.54, 1.807) is 0 Å². The number of rotatable bonds is 0. The van der Waals surface area contributed by atoms with Crippen LogP contribution in [0.3, 0.4) is 0 Å². The summed E-state index contributed by atoms with van der Waals surface area (Å²) in [7, 11) is 0. The van der Waals surface area contributed by atoms with Gasteiger partial charge in [0.1, 0.15) is 0 Å². The molecular weight excluding hydrogens is 240 g/mol. The molecule has 0 bridgehead atoms. The Kier molecular flexibility index (Phi) is 1.78. The monoisotopic (exact) mass is 252 g/mol. The summed E-state index contributed by atoms with van der Waals surface area (Å²) in [6, 6.07) is 21.9. The molecule has 0 N–H and O–H groups in total. The zero-order valence-corrected chi connectivity index (χ0v) is 10.9. The number of fused-ring (bicyclic) bond motifs is 5. The molecule has 0 amide bonds. The Morgan fingerprint density at radius 2 is 0.900 bits per heavy atom. The van der Waals surface area contributed by atoms with Gasteiger partial charge in [0, 0.05) is 0 Å². The summed E-state index contributed by atoms with van der Waals surface area (Å²) in [4.78, 5) is 0. The molecule has 0 saturated carbocycles. The van der Waals surface area contributed by atoms with Crippen molar-refractivity contribution in [2.75, 3.05) is 0 Å². The molecule has 2 aliphatic carbocycles. The molecule has 0 fully saturated rings. The summed E-state index contributed by atoms with van der Waals surface area (Å²) in [5, 5.41) is 8.20. The van der Waals surface area contributed by atoms with Gasteiger partial charge in [0.25, 0.3) is 0 Å². The van der Waals surface area contributed by atoms with Crippen LogP contribution in [0.1, 0.15) is 11.1 Å². The maximum Gasteiger partial charge on any atom is -0.00203 e. The van der Waals surface area contributed by atoms with Crippen LogP contribution >= 0.6 is 0 Å². The molecular formula is C20H12. The lowest BCUT2D eigenvalue weighted by atomic mass is 10.1. The Balaban J connectivity index is 2.26. The summed E-state index contributed by atoms with van der Waals surface area (Å²) < 4.78 is 0. The van der Waals surface area contributed by atoms with E-state index in [1.807, 2.05) is 0 Å². The van der Waals surface area contributed by atoms with Crippen molar-refractivity contribution in [3.8, 4) is 0 Å². The third kappa shape index (κ3) is 1.16. The first kappa shape index (κ1) is 10.2. The SMILES string of the molecule is C1=c2ccccc2=c2c1ccc1c2=c2ccccc2=C1. The molecule has 92 valence electrons. The normalized spacial score (nSPS) is 12.8. The fraction of sp³-hybridized carbons (Fsp3) is 0. The molecule has 0 aliphatic heterocycles. The van der Waals surface area contributed by atoms with Crippen molar-refractivity contribution in [2.45, 2.75) is 0 Å². The van der Waals surface area contributed by atoms with Crippen LogP contribution in [-0.4, -0.2) is 0 Å². The van der Waals surface area contributed by atoms with E-state index in [2.05, 4.69) is 72.8 Å². The minimum Gasteiger partial charge on any atom is -0.0616 e. The molecule has 3 aromatic carbocycles. The zero-order chi connectivity index (χ0) is 13.1.